The molecule has 2 atom stereocenters. The van der Waals surface area contributed by atoms with E-state index in [-0.39, 0.29) is 11.8 Å². The number of aryl methyl sites for hydroxylation is 2. The van der Waals surface area contributed by atoms with Crippen LogP contribution in [0.3, 0.4) is 0 Å². The second-order valence-electron chi connectivity index (χ2n) is 6.28. The number of nitrogens with one attached hydrogen (secondary N) is 1. The zero-order valence-electron chi connectivity index (χ0n) is 13.7. The number of carboxylic acid groups (broad SMARTS) is 1. The minimum absolute atomic E-state index is 0.139. The molecule has 1 aliphatic rings. The second kappa shape index (κ2) is 6.43. The summed E-state index contributed by atoms with van der Waals surface area (Å²) < 4.78 is 1.75. The lowest BCUT2D eigenvalue weighted by atomic mass is 10.0. The first-order valence-electron chi connectivity index (χ1n) is 7.97. The van der Waals surface area contributed by atoms with E-state index in [0.29, 0.717) is 30.8 Å². The van der Waals surface area contributed by atoms with E-state index in [1.807, 2.05) is 19.9 Å². The van der Waals surface area contributed by atoms with E-state index in [4.69, 9.17) is 5.11 Å². The van der Waals surface area contributed by atoms with Crippen molar-refractivity contribution in [1.82, 2.24) is 14.8 Å². The lowest BCUT2D eigenvalue weighted by molar-refractivity contribution is -0.141. The summed E-state index contributed by atoms with van der Waals surface area (Å²) in [7, 11) is 0. The summed E-state index contributed by atoms with van der Waals surface area (Å²) in [5, 5.41) is 16.2. The minimum atomic E-state index is -0.818. The molecule has 126 valence electrons. The quantitative estimate of drug-likeness (QED) is 0.898. The molecule has 0 aromatic carbocycles. The molecule has 7 nitrogen and oxygen atoms in total. The predicted molar refractivity (Wildman–Crippen MR) is 87.9 cm³/mol. The third-order valence-electron chi connectivity index (χ3n) is 4.39. The summed E-state index contributed by atoms with van der Waals surface area (Å²) in [6, 6.07) is 5.54. The van der Waals surface area contributed by atoms with Gasteiger partial charge in [0.2, 0.25) is 5.91 Å². The molecule has 24 heavy (non-hydrogen) atoms. The zero-order valence-corrected chi connectivity index (χ0v) is 13.7. The Balaban J connectivity index is 1.65. The number of rotatable bonds is 4. The minimum Gasteiger partial charge on any atom is -0.481 e. The molecule has 7 heteroatoms. The van der Waals surface area contributed by atoms with Crippen molar-refractivity contribution in [3.63, 3.8) is 0 Å². The SMILES string of the molecule is Cc1cc(C)n(-c2ccc(NC(=O)[C@@H]3CC[C@H](C(=O)O)C3)cn2)n1. The highest BCUT2D eigenvalue weighted by Gasteiger charge is 2.33. The van der Waals surface area contributed by atoms with E-state index < -0.39 is 11.9 Å². The number of nitrogens with zero attached hydrogens (tertiary/aromatic N) is 3. The molecule has 0 spiro atoms. The van der Waals surface area contributed by atoms with Gasteiger partial charge in [0.15, 0.2) is 5.82 Å². The average molecular weight is 328 g/mol. The highest BCUT2D eigenvalue weighted by atomic mass is 16.4. The number of hydrogen-bond acceptors (Lipinski definition) is 4. The van der Waals surface area contributed by atoms with Gasteiger partial charge in [-0.1, -0.05) is 0 Å². The van der Waals surface area contributed by atoms with E-state index in [1.54, 1.807) is 23.0 Å². The van der Waals surface area contributed by atoms with Gasteiger partial charge in [-0.3, -0.25) is 9.59 Å². The van der Waals surface area contributed by atoms with Gasteiger partial charge in [0, 0.05) is 11.6 Å². The Morgan fingerprint density at radius 1 is 1.25 bits per heavy atom. The van der Waals surface area contributed by atoms with Crippen molar-refractivity contribution >= 4 is 17.6 Å². The number of hydrogen-bond donors (Lipinski definition) is 2. The third kappa shape index (κ3) is 3.29. The van der Waals surface area contributed by atoms with Crippen LogP contribution in [0.15, 0.2) is 24.4 Å². The monoisotopic (exact) mass is 328 g/mol. The largest absolute Gasteiger partial charge is 0.481 e. The van der Waals surface area contributed by atoms with Gasteiger partial charge in [-0.05, 0) is 51.3 Å². The number of carbonyl (C=O) groups excluding carboxylic acids is 1. The van der Waals surface area contributed by atoms with E-state index in [0.717, 1.165) is 11.4 Å². The molecule has 2 heterocycles. The van der Waals surface area contributed by atoms with Crippen molar-refractivity contribution in [1.29, 1.82) is 0 Å². The second-order valence-corrected chi connectivity index (χ2v) is 6.28. The molecule has 0 bridgehead atoms. The smallest absolute Gasteiger partial charge is 0.306 e. The summed E-state index contributed by atoms with van der Waals surface area (Å²) in [4.78, 5) is 27.6. The van der Waals surface area contributed by atoms with Gasteiger partial charge in [0.1, 0.15) is 0 Å². The highest BCUT2D eigenvalue weighted by molar-refractivity contribution is 5.93. The molecular formula is C17H20N4O3. The van der Waals surface area contributed by atoms with Crippen molar-refractivity contribution in [2.75, 3.05) is 5.32 Å². The van der Waals surface area contributed by atoms with Crippen molar-refractivity contribution < 1.29 is 14.7 Å². The van der Waals surface area contributed by atoms with Gasteiger partial charge in [-0.25, -0.2) is 9.67 Å². The summed E-state index contributed by atoms with van der Waals surface area (Å²) in [5.74, 6) is -0.930. The van der Waals surface area contributed by atoms with Gasteiger partial charge in [-0.2, -0.15) is 5.10 Å². The van der Waals surface area contributed by atoms with Crippen LogP contribution in [0.5, 0.6) is 0 Å². The molecule has 0 aliphatic heterocycles. The Morgan fingerprint density at radius 2 is 2.00 bits per heavy atom. The Hall–Kier alpha value is -2.70. The molecule has 0 radical (unpaired) electrons. The van der Waals surface area contributed by atoms with Gasteiger partial charge in [-0.15, -0.1) is 0 Å². The predicted octanol–water partition coefficient (Wildman–Crippen LogP) is 2.32. The van der Waals surface area contributed by atoms with Gasteiger partial charge >= 0.3 is 5.97 Å². The number of aliphatic carboxylic acids is 1. The first kappa shape index (κ1) is 16.2. The van der Waals surface area contributed by atoms with Crippen LogP contribution in [0.2, 0.25) is 0 Å². The van der Waals surface area contributed by atoms with Crippen LogP contribution >= 0.6 is 0 Å². The van der Waals surface area contributed by atoms with Crippen LogP contribution in [-0.4, -0.2) is 31.7 Å². The summed E-state index contributed by atoms with van der Waals surface area (Å²) >= 11 is 0. The zero-order chi connectivity index (χ0) is 17.3. The van der Waals surface area contributed by atoms with E-state index in [2.05, 4.69) is 15.4 Å². The van der Waals surface area contributed by atoms with Crippen molar-refractivity contribution in [3.05, 3.63) is 35.8 Å². The standard InChI is InChI=1S/C17H20N4O3/c1-10-7-11(2)21(20-10)15-6-5-14(9-18-15)19-16(22)12-3-4-13(8-12)17(23)24/h5-7,9,12-13H,3-4,8H2,1-2H3,(H,19,22)(H,23,24)/t12-,13+/m1/s1. The first-order chi connectivity index (χ1) is 11.4. The van der Waals surface area contributed by atoms with Crippen molar-refractivity contribution in [3.8, 4) is 5.82 Å². The summed E-state index contributed by atoms with van der Waals surface area (Å²) in [6.45, 7) is 3.88. The van der Waals surface area contributed by atoms with Gasteiger partial charge < -0.3 is 10.4 Å². The number of carboxylic acids is 1. The van der Waals surface area contributed by atoms with Crippen LogP contribution in [0, 0.1) is 25.7 Å². The third-order valence-corrected chi connectivity index (χ3v) is 4.39. The van der Waals surface area contributed by atoms with Crippen LogP contribution in [0.25, 0.3) is 5.82 Å². The topological polar surface area (TPSA) is 97.1 Å². The van der Waals surface area contributed by atoms with Gasteiger partial charge in [0.25, 0.3) is 0 Å². The Kier molecular flexibility index (Phi) is 4.33. The molecule has 1 saturated carbocycles. The number of anilines is 1. The van der Waals surface area contributed by atoms with Gasteiger partial charge in [0.05, 0.1) is 23.5 Å². The fraction of sp³-hybridized carbons (Fsp3) is 0.412. The Morgan fingerprint density at radius 3 is 2.54 bits per heavy atom. The lowest BCUT2D eigenvalue weighted by Crippen LogP contribution is -2.21. The molecule has 3 rings (SSSR count). The lowest BCUT2D eigenvalue weighted by Gasteiger charge is -2.11. The highest BCUT2D eigenvalue weighted by Crippen LogP contribution is 2.31. The maximum absolute atomic E-state index is 12.2. The molecule has 2 N–H and O–H groups in total. The fourth-order valence-corrected chi connectivity index (χ4v) is 3.13. The van der Waals surface area contributed by atoms with E-state index in [1.165, 1.54) is 0 Å². The van der Waals surface area contributed by atoms with Crippen LogP contribution in [0.4, 0.5) is 5.69 Å². The summed E-state index contributed by atoms with van der Waals surface area (Å²) in [5.41, 5.74) is 2.51. The van der Waals surface area contributed by atoms with Crippen LogP contribution in [-0.2, 0) is 9.59 Å². The molecule has 2 aromatic heterocycles. The number of aromatic nitrogens is 3. The normalized spacial score (nSPS) is 20.1. The van der Waals surface area contributed by atoms with E-state index in [9.17, 15) is 9.59 Å². The molecule has 2 aromatic rings. The molecule has 0 unspecified atom stereocenters. The van der Waals surface area contributed by atoms with Crippen LogP contribution < -0.4 is 5.32 Å². The molecule has 1 aliphatic carbocycles. The summed E-state index contributed by atoms with van der Waals surface area (Å²) in [6.07, 6.45) is 3.16. The molecular weight excluding hydrogens is 308 g/mol. The van der Waals surface area contributed by atoms with Crippen molar-refractivity contribution in [2.24, 2.45) is 11.8 Å². The fourth-order valence-electron chi connectivity index (χ4n) is 3.13. The number of amides is 1. The molecule has 1 amide bonds. The maximum Gasteiger partial charge on any atom is 0.306 e. The maximum atomic E-state index is 12.2. The Bertz CT molecular complexity index is 767. The molecule has 1 fully saturated rings. The van der Waals surface area contributed by atoms with Crippen molar-refractivity contribution in [2.45, 2.75) is 33.1 Å². The first-order valence-corrected chi connectivity index (χ1v) is 7.97. The molecule has 0 saturated heterocycles. The van der Waals surface area contributed by atoms with Crippen LogP contribution in [0.1, 0.15) is 30.7 Å². The number of pyridine rings is 1. The number of carbonyl (C=O) groups is 2. The Labute approximate surface area is 139 Å². The van der Waals surface area contributed by atoms with E-state index >= 15 is 0 Å². The average Bonchev–Trinajstić information content (AvgIpc) is 3.15.